The van der Waals surface area contributed by atoms with Crippen molar-refractivity contribution in [1.82, 2.24) is 0 Å². The molecular formula is C14H17F3N2O3. The summed E-state index contributed by atoms with van der Waals surface area (Å²) >= 11 is 0. The molecule has 0 heterocycles. The fraction of sp³-hybridized carbons (Fsp3) is 0.571. The van der Waals surface area contributed by atoms with Gasteiger partial charge in [0, 0.05) is 30.5 Å². The lowest BCUT2D eigenvalue weighted by Gasteiger charge is -2.23. The van der Waals surface area contributed by atoms with E-state index in [1.807, 2.05) is 0 Å². The van der Waals surface area contributed by atoms with Gasteiger partial charge in [-0.25, -0.2) is 0 Å². The van der Waals surface area contributed by atoms with Gasteiger partial charge in [-0.05, 0) is 31.2 Å². The lowest BCUT2D eigenvalue weighted by molar-refractivity contribution is -0.385. The first-order valence-corrected chi connectivity index (χ1v) is 7.06. The van der Waals surface area contributed by atoms with Gasteiger partial charge in [-0.3, -0.25) is 10.1 Å². The largest absolute Gasteiger partial charge is 0.418 e. The summed E-state index contributed by atoms with van der Waals surface area (Å²) in [5, 5.41) is 22.5. The van der Waals surface area contributed by atoms with Crippen LogP contribution in [0.1, 0.15) is 31.2 Å². The highest BCUT2D eigenvalue weighted by Crippen LogP contribution is 2.39. The SMILES string of the molecule is O=[N+]([O-])c1ccc(NC2CCCC2CCO)c(C(F)(F)F)c1. The zero-order valence-corrected chi connectivity index (χ0v) is 11.8. The highest BCUT2D eigenvalue weighted by molar-refractivity contribution is 5.58. The van der Waals surface area contributed by atoms with Crippen molar-refractivity contribution in [2.75, 3.05) is 11.9 Å². The Balaban J connectivity index is 2.28. The van der Waals surface area contributed by atoms with E-state index in [0.717, 1.165) is 31.4 Å². The molecule has 122 valence electrons. The van der Waals surface area contributed by atoms with E-state index in [9.17, 15) is 23.3 Å². The molecule has 8 heteroatoms. The van der Waals surface area contributed by atoms with Crippen LogP contribution in [0.15, 0.2) is 18.2 Å². The van der Waals surface area contributed by atoms with Crippen LogP contribution < -0.4 is 5.32 Å². The third-order valence-corrected chi connectivity index (χ3v) is 4.02. The number of nitrogens with one attached hydrogen (secondary N) is 1. The molecular weight excluding hydrogens is 301 g/mol. The topological polar surface area (TPSA) is 75.4 Å². The van der Waals surface area contributed by atoms with Crippen LogP contribution in [-0.4, -0.2) is 22.7 Å². The van der Waals surface area contributed by atoms with Gasteiger partial charge in [-0.1, -0.05) is 6.42 Å². The molecule has 0 aliphatic heterocycles. The molecule has 1 saturated carbocycles. The van der Waals surface area contributed by atoms with E-state index in [1.165, 1.54) is 0 Å². The van der Waals surface area contributed by atoms with E-state index in [0.29, 0.717) is 12.5 Å². The molecule has 2 unspecified atom stereocenters. The molecule has 0 bridgehead atoms. The van der Waals surface area contributed by atoms with Gasteiger partial charge in [0.05, 0.1) is 10.5 Å². The number of hydrogen-bond donors (Lipinski definition) is 2. The van der Waals surface area contributed by atoms with Crippen molar-refractivity contribution in [1.29, 1.82) is 0 Å². The third-order valence-electron chi connectivity index (χ3n) is 4.02. The van der Waals surface area contributed by atoms with Crippen LogP contribution in [0.2, 0.25) is 0 Å². The number of alkyl halides is 3. The van der Waals surface area contributed by atoms with Gasteiger partial charge in [0.25, 0.3) is 5.69 Å². The lowest BCUT2D eigenvalue weighted by atomic mass is 9.99. The fourth-order valence-electron chi connectivity index (χ4n) is 2.94. The number of nitrogens with zero attached hydrogens (tertiary/aromatic N) is 1. The fourth-order valence-corrected chi connectivity index (χ4v) is 2.94. The van der Waals surface area contributed by atoms with Gasteiger partial charge in [-0.2, -0.15) is 13.2 Å². The third kappa shape index (κ3) is 3.68. The number of rotatable bonds is 5. The summed E-state index contributed by atoms with van der Waals surface area (Å²) in [5.41, 5.74) is -1.76. The number of aliphatic hydroxyl groups is 1. The predicted molar refractivity (Wildman–Crippen MR) is 74.6 cm³/mol. The monoisotopic (exact) mass is 318 g/mol. The Kier molecular flexibility index (Phi) is 4.90. The minimum absolute atomic E-state index is 0.00473. The molecule has 1 aliphatic carbocycles. The van der Waals surface area contributed by atoms with E-state index in [1.54, 1.807) is 0 Å². The van der Waals surface area contributed by atoms with Crippen LogP contribution in [0.5, 0.6) is 0 Å². The maximum absolute atomic E-state index is 13.1. The zero-order chi connectivity index (χ0) is 16.3. The number of nitro benzene ring substituents is 1. The van der Waals surface area contributed by atoms with Crippen LogP contribution in [0.25, 0.3) is 0 Å². The van der Waals surface area contributed by atoms with Gasteiger partial charge >= 0.3 is 6.18 Å². The Morgan fingerprint density at radius 3 is 2.68 bits per heavy atom. The summed E-state index contributed by atoms with van der Waals surface area (Å²) in [4.78, 5) is 9.82. The zero-order valence-electron chi connectivity index (χ0n) is 11.8. The van der Waals surface area contributed by atoms with Gasteiger partial charge in [0.1, 0.15) is 0 Å². The molecule has 2 atom stereocenters. The molecule has 2 N–H and O–H groups in total. The minimum atomic E-state index is -4.67. The quantitative estimate of drug-likeness (QED) is 0.643. The summed E-state index contributed by atoms with van der Waals surface area (Å²) < 4.78 is 39.3. The summed E-state index contributed by atoms with van der Waals surface area (Å²) in [6.07, 6.45) is -1.67. The number of aliphatic hydroxyl groups excluding tert-OH is 1. The normalized spacial score (nSPS) is 21.8. The molecule has 22 heavy (non-hydrogen) atoms. The average molecular weight is 318 g/mol. The maximum Gasteiger partial charge on any atom is 0.418 e. The van der Waals surface area contributed by atoms with E-state index >= 15 is 0 Å². The molecule has 0 spiro atoms. The van der Waals surface area contributed by atoms with Gasteiger partial charge in [0.2, 0.25) is 0 Å². The Morgan fingerprint density at radius 2 is 2.09 bits per heavy atom. The van der Waals surface area contributed by atoms with E-state index in [-0.39, 0.29) is 24.3 Å². The molecule has 0 radical (unpaired) electrons. The highest BCUT2D eigenvalue weighted by Gasteiger charge is 2.36. The molecule has 0 aromatic heterocycles. The first-order chi connectivity index (χ1) is 10.3. The van der Waals surface area contributed by atoms with Crippen LogP contribution in [0, 0.1) is 16.0 Å². The second-order valence-corrected chi connectivity index (χ2v) is 5.44. The van der Waals surface area contributed by atoms with Crippen molar-refractivity contribution in [2.45, 2.75) is 37.9 Å². The number of nitro groups is 1. The van der Waals surface area contributed by atoms with Gasteiger partial charge in [-0.15, -0.1) is 0 Å². The van der Waals surface area contributed by atoms with Crippen LogP contribution in [0.4, 0.5) is 24.5 Å². The standard InChI is InChI=1S/C14H17F3N2O3/c15-14(16,17)11-8-10(19(21)22)4-5-13(11)18-12-3-1-2-9(12)6-7-20/h4-5,8-9,12,18,20H,1-3,6-7H2. The second kappa shape index (κ2) is 6.51. The van der Waals surface area contributed by atoms with E-state index in [4.69, 9.17) is 5.11 Å². The minimum Gasteiger partial charge on any atom is -0.396 e. The van der Waals surface area contributed by atoms with Crippen LogP contribution in [-0.2, 0) is 6.18 Å². The van der Waals surface area contributed by atoms with Crippen molar-refractivity contribution in [3.8, 4) is 0 Å². The van der Waals surface area contributed by atoms with Crippen LogP contribution in [0.3, 0.4) is 0 Å². The maximum atomic E-state index is 13.1. The van der Waals surface area contributed by atoms with Crippen molar-refractivity contribution in [3.63, 3.8) is 0 Å². The van der Waals surface area contributed by atoms with Crippen molar-refractivity contribution in [3.05, 3.63) is 33.9 Å². The van der Waals surface area contributed by atoms with Crippen molar-refractivity contribution < 1.29 is 23.2 Å². The molecule has 1 aromatic carbocycles. The van der Waals surface area contributed by atoms with E-state index < -0.39 is 22.4 Å². The molecule has 1 fully saturated rings. The number of benzene rings is 1. The molecule has 5 nitrogen and oxygen atoms in total. The first kappa shape index (κ1) is 16.5. The van der Waals surface area contributed by atoms with Gasteiger partial charge in [0.15, 0.2) is 0 Å². The number of halogens is 3. The Labute approximate surface area is 125 Å². The Hall–Kier alpha value is -1.83. The first-order valence-electron chi connectivity index (χ1n) is 7.06. The molecule has 0 amide bonds. The smallest absolute Gasteiger partial charge is 0.396 e. The number of hydrogen-bond acceptors (Lipinski definition) is 4. The molecule has 1 aromatic rings. The number of non-ortho nitro benzene ring substituents is 1. The molecule has 2 rings (SSSR count). The predicted octanol–water partition coefficient (Wildman–Crippen LogP) is 3.58. The Bertz CT molecular complexity index is 549. The Morgan fingerprint density at radius 1 is 1.36 bits per heavy atom. The van der Waals surface area contributed by atoms with Crippen molar-refractivity contribution >= 4 is 11.4 Å². The molecule has 0 saturated heterocycles. The van der Waals surface area contributed by atoms with Gasteiger partial charge < -0.3 is 10.4 Å². The summed E-state index contributed by atoms with van der Waals surface area (Å²) in [6.45, 7) is -0.00473. The lowest BCUT2D eigenvalue weighted by Crippen LogP contribution is -2.26. The second-order valence-electron chi connectivity index (χ2n) is 5.44. The summed E-state index contributed by atoms with van der Waals surface area (Å²) in [7, 11) is 0. The summed E-state index contributed by atoms with van der Waals surface area (Å²) in [6, 6.07) is 2.57. The molecule has 1 aliphatic rings. The van der Waals surface area contributed by atoms with Crippen molar-refractivity contribution in [2.24, 2.45) is 5.92 Å². The average Bonchev–Trinajstić information content (AvgIpc) is 2.85. The van der Waals surface area contributed by atoms with E-state index in [2.05, 4.69) is 5.32 Å². The number of anilines is 1. The highest BCUT2D eigenvalue weighted by atomic mass is 19.4. The summed E-state index contributed by atoms with van der Waals surface area (Å²) in [5.74, 6) is 0.112. The van der Waals surface area contributed by atoms with Crippen LogP contribution >= 0.6 is 0 Å².